The molecule has 0 rings (SSSR count). The van der Waals surface area contributed by atoms with Crippen molar-refractivity contribution in [1.82, 2.24) is 0 Å². The Morgan fingerprint density at radius 2 is 0.833 bits per heavy atom. The molecule has 0 aromatic rings. The Bertz CT molecular complexity index is 211. The van der Waals surface area contributed by atoms with Crippen LogP contribution in [0.5, 0.6) is 0 Å². The summed E-state index contributed by atoms with van der Waals surface area (Å²) in [6, 6.07) is 0. The molecule has 0 atom stereocenters. The van der Waals surface area contributed by atoms with E-state index in [0.29, 0.717) is 0 Å². The molecule has 12 heavy (non-hydrogen) atoms. The number of hydrogen-bond acceptors (Lipinski definition) is 6. The molecule has 0 aromatic heterocycles. The van der Waals surface area contributed by atoms with E-state index in [2.05, 4.69) is 0 Å². The van der Waals surface area contributed by atoms with Crippen molar-refractivity contribution in [3.05, 3.63) is 0 Å². The van der Waals surface area contributed by atoms with Gasteiger partial charge in [-0.3, -0.25) is 17.5 Å². The molecule has 8 nitrogen and oxygen atoms in total. The molecule has 0 heterocycles. The molecule has 2 N–H and O–H groups in total. The third kappa shape index (κ3) is 504. The van der Waals surface area contributed by atoms with Gasteiger partial charge in [-0.1, -0.05) is 0 Å². The van der Waals surface area contributed by atoms with Gasteiger partial charge in [0.1, 0.15) is 0 Å². The van der Waals surface area contributed by atoms with Crippen molar-refractivity contribution >= 4 is 20.8 Å². The first-order valence-electron chi connectivity index (χ1n) is 1.37. The minimum Gasteiger partial charge on any atom is -0.759 e. The average Bonchev–Trinajstić information content (AvgIpc) is 1.12. The maximum atomic E-state index is 8.74. The fraction of sp³-hybridized carbons (Fsp3) is 0. The maximum Gasteiger partial charge on any atom is 1.00 e. The SMILES string of the molecule is O=S(=O)(O)O.O=S(=O)([O-])[O-].[Hg+].[Hg+]. The van der Waals surface area contributed by atoms with Crippen LogP contribution >= 0.6 is 0 Å². The molecule has 12 heteroatoms. The maximum absolute atomic E-state index is 8.74. The zero-order valence-corrected chi connectivity index (χ0v) is 18.2. The fourth-order valence-electron chi connectivity index (χ4n) is 0. The van der Waals surface area contributed by atoms with E-state index in [1.165, 1.54) is 0 Å². The summed E-state index contributed by atoms with van der Waals surface area (Å²) >= 11 is 0. The number of hydrogen-bond donors (Lipinski definition) is 2. The van der Waals surface area contributed by atoms with E-state index in [1.54, 1.807) is 0 Å². The Hall–Kier alpha value is 1.61. The second-order valence-electron chi connectivity index (χ2n) is 0.856. The summed E-state index contributed by atoms with van der Waals surface area (Å²) in [4.78, 5) is 0. The van der Waals surface area contributed by atoms with Gasteiger partial charge < -0.3 is 9.11 Å². The molecule has 2 radical (unpaired) electrons. The van der Waals surface area contributed by atoms with Gasteiger partial charge in [-0.05, 0) is 0 Å². The van der Waals surface area contributed by atoms with Gasteiger partial charge >= 0.3 is 65.7 Å². The molecule has 0 spiro atoms. The van der Waals surface area contributed by atoms with Crippen molar-refractivity contribution in [2.45, 2.75) is 0 Å². The van der Waals surface area contributed by atoms with Crippen LogP contribution in [0.3, 0.4) is 0 Å². The molecule has 0 aliphatic heterocycles. The predicted octanol–water partition coefficient (Wildman–Crippen LogP) is -2.00. The average molecular weight is 595 g/mol. The molecule has 0 aliphatic carbocycles. The van der Waals surface area contributed by atoms with E-state index in [0.717, 1.165) is 0 Å². The molecular weight excluding hydrogens is 593 g/mol. The van der Waals surface area contributed by atoms with E-state index < -0.39 is 20.8 Å². The van der Waals surface area contributed by atoms with Crippen molar-refractivity contribution in [2.75, 3.05) is 0 Å². The first-order valence-corrected chi connectivity index (χ1v) is 4.10. The zero-order chi connectivity index (χ0) is 9.00. The molecule has 0 aromatic carbocycles. The third-order valence-electron chi connectivity index (χ3n) is 0. The summed E-state index contributed by atoms with van der Waals surface area (Å²) in [7, 11) is -9.83. The van der Waals surface area contributed by atoms with Crippen LogP contribution in [0.25, 0.3) is 0 Å². The topological polar surface area (TPSA) is 155 Å². The van der Waals surface area contributed by atoms with Gasteiger partial charge in [0.2, 0.25) is 0 Å². The van der Waals surface area contributed by atoms with Gasteiger partial charge in [0.25, 0.3) is 0 Å². The Balaban J connectivity index is -0.0000000457. The Morgan fingerprint density at radius 3 is 0.833 bits per heavy atom. The summed E-state index contributed by atoms with van der Waals surface area (Å²) in [6.07, 6.45) is 0. The molecule has 66 valence electrons. The normalized spacial score (nSPS) is 9.67. The van der Waals surface area contributed by atoms with Crippen molar-refractivity contribution in [3.8, 4) is 0 Å². The van der Waals surface area contributed by atoms with Gasteiger partial charge in [-0.15, -0.1) is 0 Å². The quantitative estimate of drug-likeness (QED) is 0.185. The third-order valence-corrected chi connectivity index (χ3v) is 0. The zero-order valence-electron chi connectivity index (χ0n) is 5.57. The monoisotopic (exact) mass is 598 g/mol. The van der Waals surface area contributed by atoms with Crippen molar-refractivity contribution in [3.63, 3.8) is 0 Å². The van der Waals surface area contributed by atoms with Crippen LogP contribution in [-0.2, 0) is 76.1 Å². The fourth-order valence-corrected chi connectivity index (χ4v) is 0. The van der Waals surface area contributed by atoms with E-state index in [4.69, 9.17) is 35.0 Å². The Kier molecular flexibility index (Phi) is 17.9. The van der Waals surface area contributed by atoms with Crippen LogP contribution in [0.2, 0.25) is 0 Å². The molecule has 0 saturated carbocycles. The van der Waals surface area contributed by atoms with Gasteiger partial charge in [0.15, 0.2) is 0 Å². The van der Waals surface area contributed by atoms with Crippen LogP contribution < -0.4 is 0 Å². The molecular formula is H2Hg2O8S2. The van der Waals surface area contributed by atoms with Crippen LogP contribution in [0.4, 0.5) is 0 Å². The standard InChI is InChI=1S/2Hg.2H2O4S/c;;2*1-5(2,3)4/h;;2*(H2,1,2,3,4)/q2*+1;;/p-2. The largest absolute Gasteiger partial charge is 1.00 e. The van der Waals surface area contributed by atoms with E-state index in [9.17, 15) is 0 Å². The van der Waals surface area contributed by atoms with Gasteiger partial charge in [0.05, 0.1) is 0 Å². The van der Waals surface area contributed by atoms with Crippen LogP contribution in [-0.4, -0.2) is 35.0 Å². The summed E-state index contributed by atoms with van der Waals surface area (Å²) < 4.78 is 65.7. The summed E-state index contributed by atoms with van der Waals surface area (Å²) in [5, 5.41) is 0. The summed E-state index contributed by atoms with van der Waals surface area (Å²) in [6.45, 7) is 0. The minimum absolute atomic E-state index is 0. The van der Waals surface area contributed by atoms with Gasteiger partial charge in [-0.25, -0.2) is 0 Å². The second-order valence-corrected chi connectivity index (χ2v) is 2.57. The smallest absolute Gasteiger partial charge is 0.759 e. The summed E-state index contributed by atoms with van der Waals surface area (Å²) in [5.74, 6) is 0. The minimum atomic E-state index is -5.17. The van der Waals surface area contributed by atoms with E-state index in [-0.39, 0.29) is 55.3 Å². The van der Waals surface area contributed by atoms with Crippen LogP contribution in [0, 0.1) is 0 Å². The van der Waals surface area contributed by atoms with Crippen LogP contribution in [0.1, 0.15) is 0 Å². The predicted molar refractivity (Wildman–Crippen MR) is 24.7 cm³/mol. The van der Waals surface area contributed by atoms with E-state index in [1.807, 2.05) is 0 Å². The first-order chi connectivity index (χ1) is 4.00. The van der Waals surface area contributed by atoms with Crippen molar-refractivity contribution in [2.24, 2.45) is 0 Å². The van der Waals surface area contributed by atoms with Crippen molar-refractivity contribution in [1.29, 1.82) is 0 Å². The first kappa shape index (κ1) is 23.4. The molecule has 0 amide bonds. The van der Waals surface area contributed by atoms with Crippen LogP contribution in [0.15, 0.2) is 0 Å². The molecule has 0 unspecified atom stereocenters. The van der Waals surface area contributed by atoms with E-state index >= 15 is 0 Å². The molecule has 0 fully saturated rings. The second kappa shape index (κ2) is 9.18. The summed E-state index contributed by atoms with van der Waals surface area (Å²) in [5.41, 5.74) is 0. The van der Waals surface area contributed by atoms with Crippen molar-refractivity contribution < 1.29 is 90.4 Å². The van der Waals surface area contributed by atoms with Gasteiger partial charge in [0, 0.05) is 10.4 Å². The number of rotatable bonds is 0. The molecule has 0 bridgehead atoms. The Morgan fingerprint density at radius 1 is 0.833 bits per heavy atom. The molecule has 0 saturated heterocycles. The molecule has 0 aliphatic rings. The van der Waals surface area contributed by atoms with Gasteiger partial charge in [-0.2, -0.15) is 8.42 Å². The Labute approximate surface area is 110 Å².